The van der Waals surface area contributed by atoms with Crippen LogP contribution in [-0.2, 0) is 0 Å². The number of hydrogen-bond donors (Lipinski definition) is 1. The largest absolute Gasteiger partial charge is 0.389 e. The zero-order chi connectivity index (χ0) is 11.9. The van der Waals surface area contributed by atoms with Gasteiger partial charge in [-0.15, -0.1) is 6.42 Å². The molecule has 0 radical (unpaired) electrons. The molecule has 0 amide bonds. The van der Waals surface area contributed by atoms with E-state index in [-0.39, 0.29) is 19.4 Å². The maximum Gasteiger partial charge on any atom is 0.389 e. The first-order valence-electron chi connectivity index (χ1n) is 4.49. The van der Waals surface area contributed by atoms with Gasteiger partial charge in [0.2, 0.25) is 0 Å². The minimum Gasteiger partial charge on any atom is -0.289 e. The summed E-state index contributed by atoms with van der Waals surface area (Å²) in [5.41, 5.74) is -0.975. The average Bonchev–Trinajstić information content (AvgIpc) is 2.13. The van der Waals surface area contributed by atoms with Crippen LogP contribution in [0.2, 0.25) is 0 Å². The summed E-state index contributed by atoms with van der Waals surface area (Å²) in [6, 6.07) is 1.93. The lowest BCUT2D eigenvalue weighted by molar-refractivity contribution is -0.136. The Labute approximate surface area is 87.5 Å². The molecule has 84 valence electrons. The molecule has 0 fully saturated rings. The minimum absolute atomic E-state index is 0.0782. The molecular formula is C10H13F3N2. The lowest BCUT2D eigenvalue weighted by atomic mass is 9.96. The van der Waals surface area contributed by atoms with E-state index in [0.29, 0.717) is 0 Å². The van der Waals surface area contributed by atoms with Crippen molar-refractivity contribution in [3.05, 3.63) is 0 Å². The van der Waals surface area contributed by atoms with Crippen molar-refractivity contribution in [2.45, 2.75) is 37.9 Å². The Morgan fingerprint density at radius 1 is 1.33 bits per heavy atom. The number of nitrogens with zero attached hydrogens (tertiary/aromatic N) is 1. The third-order valence-electron chi connectivity index (χ3n) is 1.96. The van der Waals surface area contributed by atoms with E-state index in [9.17, 15) is 13.2 Å². The van der Waals surface area contributed by atoms with Crippen molar-refractivity contribution in [1.29, 1.82) is 5.26 Å². The van der Waals surface area contributed by atoms with Gasteiger partial charge in [-0.25, -0.2) is 0 Å². The number of halogens is 3. The van der Waals surface area contributed by atoms with Crippen LogP contribution >= 0.6 is 0 Å². The highest BCUT2D eigenvalue weighted by Crippen LogP contribution is 2.24. The van der Waals surface area contributed by atoms with Crippen molar-refractivity contribution in [3.63, 3.8) is 0 Å². The second-order valence-electron chi connectivity index (χ2n) is 3.47. The van der Waals surface area contributed by atoms with Crippen LogP contribution in [0.3, 0.4) is 0 Å². The first-order valence-corrected chi connectivity index (χ1v) is 4.49. The quantitative estimate of drug-likeness (QED) is 0.718. The van der Waals surface area contributed by atoms with Crippen molar-refractivity contribution in [3.8, 4) is 18.4 Å². The van der Waals surface area contributed by atoms with Crippen LogP contribution in [0.5, 0.6) is 0 Å². The molecule has 0 saturated heterocycles. The second kappa shape index (κ2) is 5.63. The van der Waals surface area contributed by atoms with Gasteiger partial charge in [0, 0.05) is 6.42 Å². The van der Waals surface area contributed by atoms with Gasteiger partial charge < -0.3 is 0 Å². The van der Waals surface area contributed by atoms with E-state index < -0.39 is 18.1 Å². The van der Waals surface area contributed by atoms with Gasteiger partial charge in [0.15, 0.2) is 0 Å². The SMILES string of the molecule is C#CCNC(C)(C#N)CCCC(F)(F)F. The Balaban J connectivity index is 4.01. The molecule has 15 heavy (non-hydrogen) atoms. The predicted octanol–water partition coefficient (Wildman–Crippen LogP) is 2.22. The summed E-state index contributed by atoms with van der Waals surface area (Å²) in [6.45, 7) is 1.72. The fourth-order valence-corrected chi connectivity index (χ4v) is 1.07. The average molecular weight is 218 g/mol. The normalized spacial score (nSPS) is 15.1. The van der Waals surface area contributed by atoms with E-state index in [0.717, 1.165) is 0 Å². The highest BCUT2D eigenvalue weighted by atomic mass is 19.4. The molecule has 0 aliphatic rings. The van der Waals surface area contributed by atoms with Gasteiger partial charge in [0.25, 0.3) is 0 Å². The molecule has 2 nitrogen and oxygen atoms in total. The number of alkyl halides is 3. The Morgan fingerprint density at radius 2 is 1.93 bits per heavy atom. The number of hydrogen-bond acceptors (Lipinski definition) is 2. The number of nitrogens with one attached hydrogen (secondary N) is 1. The molecule has 1 atom stereocenters. The molecular weight excluding hydrogens is 205 g/mol. The van der Waals surface area contributed by atoms with Gasteiger partial charge in [-0.2, -0.15) is 18.4 Å². The van der Waals surface area contributed by atoms with E-state index in [1.165, 1.54) is 0 Å². The smallest absolute Gasteiger partial charge is 0.289 e. The highest BCUT2D eigenvalue weighted by molar-refractivity contribution is 5.06. The summed E-state index contributed by atoms with van der Waals surface area (Å²) in [4.78, 5) is 0. The fourth-order valence-electron chi connectivity index (χ4n) is 1.07. The van der Waals surface area contributed by atoms with E-state index in [1.807, 2.05) is 6.07 Å². The Kier molecular flexibility index (Phi) is 5.18. The van der Waals surface area contributed by atoms with Crippen LogP contribution in [0.25, 0.3) is 0 Å². The van der Waals surface area contributed by atoms with E-state index in [1.54, 1.807) is 6.92 Å². The van der Waals surface area contributed by atoms with E-state index >= 15 is 0 Å². The number of nitriles is 1. The lowest BCUT2D eigenvalue weighted by Gasteiger charge is -2.22. The topological polar surface area (TPSA) is 35.8 Å². The summed E-state index contributed by atoms with van der Waals surface area (Å²) in [5, 5.41) is 11.5. The second-order valence-corrected chi connectivity index (χ2v) is 3.47. The maximum atomic E-state index is 11.9. The van der Waals surface area contributed by atoms with Gasteiger partial charge in [-0.3, -0.25) is 5.32 Å². The Morgan fingerprint density at radius 3 is 2.33 bits per heavy atom. The molecule has 0 aliphatic heterocycles. The molecule has 1 N–H and O–H groups in total. The van der Waals surface area contributed by atoms with Crippen LogP contribution in [0, 0.1) is 23.7 Å². The van der Waals surface area contributed by atoms with Gasteiger partial charge in [-0.1, -0.05) is 5.92 Å². The molecule has 0 bridgehead atoms. The first-order chi connectivity index (χ1) is 6.83. The Bertz CT molecular complexity index is 272. The third kappa shape index (κ3) is 6.82. The van der Waals surface area contributed by atoms with Crippen LogP contribution in [0.15, 0.2) is 0 Å². The molecule has 0 aromatic heterocycles. The molecule has 0 aromatic carbocycles. The molecule has 0 heterocycles. The van der Waals surface area contributed by atoms with E-state index in [2.05, 4.69) is 11.2 Å². The van der Waals surface area contributed by atoms with Crippen LogP contribution < -0.4 is 5.32 Å². The standard InChI is InChI=1S/C10H13F3N2/c1-3-7-15-9(2,8-14)5-4-6-10(11,12)13/h1,15H,4-7H2,2H3. The molecule has 0 aromatic rings. The number of terminal acetylenes is 1. The Hall–Kier alpha value is -1.20. The van der Waals surface area contributed by atoms with Gasteiger partial charge >= 0.3 is 6.18 Å². The van der Waals surface area contributed by atoms with Crippen LogP contribution in [0.4, 0.5) is 13.2 Å². The summed E-state index contributed by atoms with van der Waals surface area (Å²) in [5.74, 6) is 2.28. The summed E-state index contributed by atoms with van der Waals surface area (Å²) >= 11 is 0. The van der Waals surface area contributed by atoms with Gasteiger partial charge in [0.05, 0.1) is 12.6 Å². The monoisotopic (exact) mass is 218 g/mol. The summed E-state index contributed by atoms with van der Waals surface area (Å²) < 4.78 is 35.6. The van der Waals surface area contributed by atoms with Crippen molar-refractivity contribution >= 4 is 0 Å². The lowest BCUT2D eigenvalue weighted by Crippen LogP contribution is -2.41. The molecule has 5 heteroatoms. The van der Waals surface area contributed by atoms with E-state index in [4.69, 9.17) is 11.7 Å². The van der Waals surface area contributed by atoms with Crippen LogP contribution in [0.1, 0.15) is 26.2 Å². The summed E-state index contributed by atoms with van der Waals surface area (Å²) in [7, 11) is 0. The predicted molar refractivity (Wildman–Crippen MR) is 50.8 cm³/mol. The third-order valence-corrected chi connectivity index (χ3v) is 1.96. The summed E-state index contributed by atoms with van der Waals surface area (Å²) in [6.07, 6.45) is 0.000606. The number of rotatable bonds is 5. The van der Waals surface area contributed by atoms with Crippen molar-refractivity contribution in [2.24, 2.45) is 0 Å². The zero-order valence-electron chi connectivity index (χ0n) is 8.49. The van der Waals surface area contributed by atoms with Crippen molar-refractivity contribution in [1.82, 2.24) is 5.32 Å². The minimum atomic E-state index is -4.16. The fraction of sp³-hybridized carbons (Fsp3) is 0.700. The first kappa shape index (κ1) is 13.8. The van der Waals surface area contributed by atoms with Crippen molar-refractivity contribution in [2.75, 3.05) is 6.54 Å². The van der Waals surface area contributed by atoms with Gasteiger partial charge in [0.1, 0.15) is 5.54 Å². The van der Waals surface area contributed by atoms with Crippen LogP contribution in [-0.4, -0.2) is 18.3 Å². The van der Waals surface area contributed by atoms with Crippen molar-refractivity contribution < 1.29 is 13.2 Å². The molecule has 1 unspecified atom stereocenters. The van der Waals surface area contributed by atoms with Gasteiger partial charge in [-0.05, 0) is 19.8 Å². The maximum absolute atomic E-state index is 11.9. The highest BCUT2D eigenvalue weighted by Gasteiger charge is 2.29. The zero-order valence-corrected chi connectivity index (χ0v) is 8.49. The molecule has 0 aliphatic carbocycles. The molecule has 0 rings (SSSR count). The molecule has 0 saturated carbocycles. The molecule has 0 spiro atoms.